The molecular weight excluding hydrogens is 176 g/mol. The zero-order chi connectivity index (χ0) is 10.2. The first-order valence-corrected chi connectivity index (χ1v) is 5.15. The summed E-state index contributed by atoms with van der Waals surface area (Å²) in [5.41, 5.74) is 1.17. The molecule has 0 aromatic heterocycles. The smallest absolute Gasteiger partial charge is 0.177 e. The number of nitrogens with zero attached hydrogens (tertiary/aromatic N) is 2. The summed E-state index contributed by atoms with van der Waals surface area (Å²) in [5, 5.41) is 4.08. The van der Waals surface area contributed by atoms with Gasteiger partial charge in [-0.05, 0) is 7.05 Å². The van der Waals surface area contributed by atoms with Crippen LogP contribution in [0, 0.1) is 11.8 Å². The quantitative estimate of drug-likeness (QED) is 0.378. The van der Waals surface area contributed by atoms with E-state index in [4.69, 9.17) is 4.84 Å². The van der Waals surface area contributed by atoms with Gasteiger partial charge in [0.25, 0.3) is 0 Å². The fourth-order valence-corrected chi connectivity index (χ4v) is 1.30. The Morgan fingerprint density at radius 3 is 2.71 bits per heavy atom. The van der Waals surface area contributed by atoms with E-state index in [1.807, 2.05) is 6.92 Å². The van der Waals surface area contributed by atoms with Gasteiger partial charge in [-0.15, -0.1) is 0 Å². The molecule has 0 atom stereocenters. The molecule has 1 heterocycles. The minimum atomic E-state index is 0.424. The lowest BCUT2D eigenvalue weighted by atomic mass is 10.1. The maximum Gasteiger partial charge on any atom is 0.177 e. The molecule has 1 rings (SSSR count). The second kappa shape index (κ2) is 6.44. The van der Waals surface area contributed by atoms with Crippen LogP contribution >= 0.6 is 0 Å². The van der Waals surface area contributed by atoms with Crippen LogP contribution in [0.5, 0.6) is 0 Å². The number of hydrogen-bond donors (Lipinski definition) is 0. The Kier molecular flexibility index (Phi) is 5.09. The third kappa shape index (κ3) is 4.29. The van der Waals surface area contributed by atoms with Gasteiger partial charge >= 0.3 is 0 Å². The zero-order valence-corrected chi connectivity index (χ0v) is 9.05. The maximum atomic E-state index is 5.11. The Labute approximate surface area is 86.1 Å². The van der Waals surface area contributed by atoms with E-state index in [-0.39, 0.29) is 0 Å². The normalized spacial score (nSPS) is 17.1. The first kappa shape index (κ1) is 11.1. The summed E-state index contributed by atoms with van der Waals surface area (Å²) >= 11 is 0. The van der Waals surface area contributed by atoms with E-state index in [1.165, 1.54) is 5.71 Å². The number of piperidine rings is 1. The molecule has 0 aromatic rings. The SMILES string of the molecule is CCC#CCON=C1CCN(C)CC1. The molecule has 0 aliphatic carbocycles. The minimum absolute atomic E-state index is 0.424. The van der Waals surface area contributed by atoms with E-state index in [2.05, 4.69) is 28.9 Å². The molecule has 0 radical (unpaired) electrons. The predicted octanol–water partition coefficient (Wildman–Crippen LogP) is 1.50. The molecule has 14 heavy (non-hydrogen) atoms. The lowest BCUT2D eigenvalue weighted by Gasteiger charge is -2.22. The van der Waals surface area contributed by atoms with E-state index in [0.717, 1.165) is 32.4 Å². The average Bonchev–Trinajstić information content (AvgIpc) is 2.21. The van der Waals surface area contributed by atoms with E-state index < -0.39 is 0 Å². The molecule has 3 nitrogen and oxygen atoms in total. The molecule has 1 fully saturated rings. The van der Waals surface area contributed by atoms with Crippen LogP contribution < -0.4 is 0 Å². The summed E-state index contributed by atoms with van der Waals surface area (Å²) in [5.74, 6) is 5.83. The van der Waals surface area contributed by atoms with Crippen molar-refractivity contribution >= 4 is 5.71 Å². The minimum Gasteiger partial charge on any atom is -0.383 e. The van der Waals surface area contributed by atoms with Gasteiger partial charge in [-0.3, -0.25) is 0 Å². The van der Waals surface area contributed by atoms with Gasteiger partial charge < -0.3 is 9.74 Å². The fourth-order valence-electron chi connectivity index (χ4n) is 1.30. The van der Waals surface area contributed by atoms with Crippen molar-refractivity contribution in [2.24, 2.45) is 5.16 Å². The molecule has 0 saturated carbocycles. The molecule has 0 amide bonds. The van der Waals surface area contributed by atoms with Crippen LogP contribution in [0.15, 0.2) is 5.16 Å². The van der Waals surface area contributed by atoms with Crippen molar-refractivity contribution in [1.29, 1.82) is 0 Å². The molecule has 0 unspecified atom stereocenters. The monoisotopic (exact) mass is 194 g/mol. The lowest BCUT2D eigenvalue weighted by molar-refractivity contribution is 0.175. The number of oxime groups is 1. The first-order valence-electron chi connectivity index (χ1n) is 5.15. The summed E-state index contributed by atoms with van der Waals surface area (Å²) in [7, 11) is 2.13. The van der Waals surface area contributed by atoms with Crippen molar-refractivity contribution < 1.29 is 4.84 Å². The molecule has 3 heteroatoms. The van der Waals surface area contributed by atoms with E-state index >= 15 is 0 Å². The van der Waals surface area contributed by atoms with Crippen molar-refractivity contribution in [2.45, 2.75) is 26.2 Å². The van der Waals surface area contributed by atoms with Crippen LogP contribution in [0.25, 0.3) is 0 Å². The Bertz CT molecular complexity index is 240. The highest BCUT2D eigenvalue weighted by Gasteiger charge is 2.10. The van der Waals surface area contributed by atoms with Crippen molar-refractivity contribution in [2.75, 3.05) is 26.7 Å². The van der Waals surface area contributed by atoms with Crippen LogP contribution in [0.3, 0.4) is 0 Å². The summed E-state index contributed by atoms with van der Waals surface area (Å²) in [6, 6.07) is 0. The predicted molar refractivity (Wildman–Crippen MR) is 58.2 cm³/mol. The molecule has 0 spiro atoms. The number of likely N-dealkylation sites (tertiary alicyclic amines) is 1. The Balaban J connectivity index is 2.18. The topological polar surface area (TPSA) is 24.8 Å². The van der Waals surface area contributed by atoms with Crippen molar-refractivity contribution in [3.05, 3.63) is 0 Å². The highest BCUT2D eigenvalue weighted by Crippen LogP contribution is 2.04. The molecule has 0 aromatic carbocycles. The molecule has 0 bridgehead atoms. The summed E-state index contributed by atoms with van der Waals surface area (Å²) in [6.45, 7) is 4.62. The van der Waals surface area contributed by atoms with Crippen LogP contribution in [0.2, 0.25) is 0 Å². The molecule has 1 saturated heterocycles. The third-order valence-corrected chi connectivity index (χ3v) is 2.20. The number of rotatable bonds is 2. The van der Waals surface area contributed by atoms with Crippen molar-refractivity contribution in [3.63, 3.8) is 0 Å². The zero-order valence-electron chi connectivity index (χ0n) is 9.05. The standard InChI is InChI=1S/C11H18N2O/c1-3-4-5-10-14-12-11-6-8-13(2)9-7-11/h3,6-10H2,1-2H3. The van der Waals surface area contributed by atoms with E-state index in [1.54, 1.807) is 0 Å². The van der Waals surface area contributed by atoms with Gasteiger partial charge in [0.1, 0.15) is 0 Å². The third-order valence-electron chi connectivity index (χ3n) is 2.20. The van der Waals surface area contributed by atoms with E-state index in [9.17, 15) is 0 Å². The molecule has 78 valence electrons. The van der Waals surface area contributed by atoms with Crippen LogP contribution in [0.4, 0.5) is 0 Å². The summed E-state index contributed by atoms with van der Waals surface area (Å²) < 4.78 is 0. The van der Waals surface area contributed by atoms with Gasteiger partial charge in [0, 0.05) is 32.4 Å². The van der Waals surface area contributed by atoms with Gasteiger partial charge in [-0.2, -0.15) is 0 Å². The van der Waals surface area contributed by atoms with Crippen LogP contribution in [-0.2, 0) is 4.84 Å². The largest absolute Gasteiger partial charge is 0.383 e. The number of hydrogen-bond acceptors (Lipinski definition) is 3. The maximum absolute atomic E-state index is 5.11. The molecule has 1 aliphatic heterocycles. The van der Waals surface area contributed by atoms with Gasteiger partial charge in [0.15, 0.2) is 6.61 Å². The van der Waals surface area contributed by atoms with Gasteiger partial charge in [0.05, 0.1) is 5.71 Å². The summed E-state index contributed by atoms with van der Waals surface area (Å²) in [4.78, 5) is 7.41. The Morgan fingerprint density at radius 1 is 1.36 bits per heavy atom. The van der Waals surface area contributed by atoms with Crippen LogP contribution in [-0.4, -0.2) is 37.4 Å². The van der Waals surface area contributed by atoms with Crippen molar-refractivity contribution in [3.8, 4) is 11.8 Å². The highest BCUT2D eigenvalue weighted by atomic mass is 16.6. The second-order valence-corrected chi connectivity index (χ2v) is 3.44. The van der Waals surface area contributed by atoms with E-state index in [0.29, 0.717) is 6.61 Å². The van der Waals surface area contributed by atoms with Gasteiger partial charge in [-0.25, -0.2) is 0 Å². The molecule has 0 N–H and O–H groups in total. The Hall–Kier alpha value is -1.01. The molecule has 1 aliphatic rings. The van der Waals surface area contributed by atoms with Gasteiger partial charge in [-0.1, -0.05) is 23.9 Å². The van der Waals surface area contributed by atoms with Gasteiger partial charge in [0.2, 0.25) is 0 Å². The summed E-state index contributed by atoms with van der Waals surface area (Å²) in [6.07, 6.45) is 2.93. The van der Waals surface area contributed by atoms with Crippen molar-refractivity contribution in [1.82, 2.24) is 4.90 Å². The fraction of sp³-hybridized carbons (Fsp3) is 0.727. The Morgan fingerprint density at radius 2 is 2.07 bits per heavy atom. The lowest BCUT2D eigenvalue weighted by Crippen LogP contribution is -2.30. The first-order chi connectivity index (χ1) is 6.83. The van der Waals surface area contributed by atoms with Crippen LogP contribution in [0.1, 0.15) is 26.2 Å². The average molecular weight is 194 g/mol. The molecular formula is C11H18N2O. The highest BCUT2D eigenvalue weighted by molar-refractivity contribution is 5.84. The second-order valence-electron chi connectivity index (χ2n) is 3.44.